The van der Waals surface area contributed by atoms with E-state index < -0.39 is 0 Å². The van der Waals surface area contributed by atoms with Gasteiger partial charge >= 0.3 is 0 Å². The summed E-state index contributed by atoms with van der Waals surface area (Å²) in [6.45, 7) is 7.98. The zero-order valence-electron chi connectivity index (χ0n) is 9.59. The summed E-state index contributed by atoms with van der Waals surface area (Å²) < 4.78 is 0. The highest BCUT2D eigenvalue weighted by Gasteiger charge is 2.16. The Labute approximate surface area is 98.1 Å². The van der Waals surface area contributed by atoms with Crippen molar-refractivity contribution < 1.29 is 4.79 Å². The molecule has 16 heavy (non-hydrogen) atoms. The Kier molecular flexibility index (Phi) is 4.91. The van der Waals surface area contributed by atoms with E-state index in [4.69, 9.17) is 0 Å². The lowest BCUT2D eigenvalue weighted by Gasteiger charge is -2.17. The van der Waals surface area contributed by atoms with E-state index in [2.05, 4.69) is 37.6 Å². The highest BCUT2D eigenvalue weighted by Crippen LogP contribution is 2.20. The molecule has 0 unspecified atom stereocenters. The van der Waals surface area contributed by atoms with Gasteiger partial charge in [-0.15, -0.1) is 0 Å². The van der Waals surface area contributed by atoms with Crippen LogP contribution in [0.2, 0.25) is 0 Å². The van der Waals surface area contributed by atoms with Gasteiger partial charge in [-0.3, -0.25) is 4.79 Å². The molecule has 0 atom stereocenters. The van der Waals surface area contributed by atoms with Gasteiger partial charge in [-0.25, -0.2) is 4.98 Å². The third-order valence-corrected chi connectivity index (χ3v) is 2.07. The maximum atomic E-state index is 10.8. The van der Waals surface area contributed by atoms with Gasteiger partial charge in [0, 0.05) is 16.7 Å². The maximum absolute atomic E-state index is 10.8. The second-order valence-electron chi connectivity index (χ2n) is 4.38. The molecule has 2 heteroatoms. The molecule has 0 saturated carbocycles. The van der Waals surface area contributed by atoms with Crippen molar-refractivity contribution in [2.45, 2.75) is 40.5 Å². The number of hydrogen-bond donors (Lipinski definition) is 0. The molecule has 0 N–H and O–H groups in total. The van der Waals surface area contributed by atoms with Gasteiger partial charge in [-0.1, -0.05) is 34.1 Å². The van der Waals surface area contributed by atoms with Gasteiger partial charge < -0.3 is 0 Å². The van der Waals surface area contributed by atoms with Crippen LogP contribution in [0.15, 0.2) is 12.1 Å². The number of aromatic nitrogens is 1. The molecular formula is C14H19NO. The Morgan fingerprint density at radius 3 is 2.38 bits per heavy atom. The molecule has 0 aliphatic carbocycles. The number of aldehydes is 1. The molecule has 0 bridgehead atoms. The summed E-state index contributed by atoms with van der Waals surface area (Å²) in [5.74, 6) is 5.61. The Bertz CT molecular complexity index is 430. The van der Waals surface area contributed by atoms with Gasteiger partial charge in [-0.2, -0.15) is 0 Å². The average molecular weight is 217 g/mol. The van der Waals surface area contributed by atoms with Gasteiger partial charge in [0.15, 0.2) is 6.29 Å². The Morgan fingerprint density at radius 2 is 1.94 bits per heavy atom. The summed E-state index contributed by atoms with van der Waals surface area (Å²) in [5, 5.41) is 0. The van der Waals surface area contributed by atoms with Crippen LogP contribution in [0.5, 0.6) is 0 Å². The van der Waals surface area contributed by atoms with Gasteiger partial charge in [-0.05, 0) is 25.0 Å². The number of carbonyl (C=O) groups is 1. The lowest BCUT2D eigenvalue weighted by atomic mass is 9.91. The quantitative estimate of drug-likeness (QED) is 0.534. The largest absolute Gasteiger partial charge is 0.298 e. The lowest BCUT2D eigenvalue weighted by Crippen LogP contribution is -2.14. The fourth-order valence-electron chi connectivity index (χ4n) is 1.20. The van der Waals surface area contributed by atoms with E-state index in [1.54, 1.807) is 13.0 Å². The molecule has 0 aliphatic heterocycles. The van der Waals surface area contributed by atoms with Gasteiger partial charge in [0.1, 0.15) is 5.69 Å². The Morgan fingerprint density at radius 1 is 1.31 bits per heavy atom. The molecule has 1 aromatic rings. The minimum atomic E-state index is -0.0222. The van der Waals surface area contributed by atoms with Gasteiger partial charge in [0.05, 0.1) is 0 Å². The highest BCUT2D eigenvalue weighted by molar-refractivity contribution is 5.78. The molecule has 0 radical (unpaired) electrons. The van der Waals surface area contributed by atoms with Crippen LogP contribution >= 0.6 is 0 Å². The van der Waals surface area contributed by atoms with Crippen LogP contribution in [0.1, 0.15) is 56.9 Å². The summed E-state index contributed by atoms with van der Waals surface area (Å²) in [7, 11) is 0. The van der Waals surface area contributed by atoms with E-state index in [9.17, 15) is 4.79 Å². The van der Waals surface area contributed by atoms with Crippen molar-refractivity contribution >= 4 is 6.29 Å². The van der Waals surface area contributed by atoms with Gasteiger partial charge in [0.25, 0.3) is 0 Å². The first-order valence-electron chi connectivity index (χ1n) is 4.88. The van der Waals surface area contributed by atoms with Crippen molar-refractivity contribution in [2.24, 2.45) is 0 Å². The molecule has 0 spiro atoms. The second kappa shape index (κ2) is 5.46. The van der Waals surface area contributed by atoms with Crippen molar-refractivity contribution in [3.63, 3.8) is 0 Å². The molecule has 86 valence electrons. The number of hydrogen-bond acceptors (Lipinski definition) is 2. The number of nitrogens with zero attached hydrogens (tertiary/aromatic N) is 1. The molecule has 2 nitrogen and oxygen atoms in total. The van der Waals surface area contributed by atoms with E-state index in [0.29, 0.717) is 11.3 Å². The van der Waals surface area contributed by atoms with Crippen LogP contribution in [-0.2, 0) is 5.41 Å². The molecule has 1 aromatic heterocycles. The first kappa shape index (κ1) is 14.4. The SMILES string of the molecule is C.CC#Cc1nc(C(C)(C)C)ccc1C=O. The monoisotopic (exact) mass is 217 g/mol. The molecule has 0 aromatic carbocycles. The fourth-order valence-corrected chi connectivity index (χ4v) is 1.20. The molecule has 0 saturated heterocycles. The number of rotatable bonds is 1. The molecule has 0 aliphatic rings. The fraction of sp³-hybridized carbons (Fsp3) is 0.429. The minimum absolute atomic E-state index is 0. The van der Waals surface area contributed by atoms with Crippen LogP contribution in [0, 0.1) is 11.8 Å². The normalized spacial score (nSPS) is 9.75. The van der Waals surface area contributed by atoms with E-state index in [1.165, 1.54) is 0 Å². The molecular weight excluding hydrogens is 198 g/mol. The summed E-state index contributed by atoms with van der Waals surface area (Å²) in [6, 6.07) is 3.66. The van der Waals surface area contributed by atoms with Crippen LogP contribution in [0.3, 0.4) is 0 Å². The highest BCUT2D eigenvalue weighted by atomic mass is 16.1. The standard InChI is InChI=1S/C13H15NO.CH4/c1-5-6-11-10(9-15)7-8-12(14-11)13(2,3)4;/h7-9H,1-4H3;1H4. The molecule has 0 fully saturated rings. The lowest BCUT2D eigenvalue weighted by molar-refractivity contribution is 0.112. The second-order valence-corrected chi connectivity index (χ2v) is 4.38. The Balaban J connectivity index is 0.00000225. The number of pyridine rings is 1. The molecule has 1 heterocycles. The van der Waals surface area contributed by atoms with Crippen molar-refractivity contribution in [3.05, 3.63) is 29.1 Å². The topological polar surface area (TPSA) is 30.0 Å². The number of carbonyl (C=O) groups excluding carboxylic acids is 1. The summed E-state index contributed by atoms with van der Waals surface area (Å²) in [5.41, 5.74) is 2.05. The summed E-state index contributed by atoms with van der Waals surface area (Å²) in [6.07, 6.45) is 0.791. The maximum Gasteiger partial charge on any atom is 0.152 e. The molecule has 0 amide bonds. The van der Waals surface area contributed by atoms with E-state index >= 15 is 0 Å². The van der Waals surface area contributed by atoms with E-state index in [1.807, 2.05) is 6.07 Å². The van der Waals surface area contributed by atoms with Crippen molar-refractivity contribution in [3.8, 4) is 11.8 Å². The summed E-state index contributed by atoms with van der Waals surface area (Å²) >= 11 is 0. The average Bonchev–Trinajstić information content (AvgIpc) is 2.17. The minimum Gasteiger partial charge on any atom is -0.298 e. The van der Waals surface area contributed by atoms with Gasteiger partial charge in [0.2, 0.25) is 0 Å². The van der Waals surface area contributed by atoms with E-state index in [-0.39, 0.29) is 12.8 Å². The first-order chi connectivity index (χ1) is 6.99. The molecule has 1 rings (SSSR count). The third kappa shape index (κ3) is 3.20. The first-order valence-corrected chi connectivity index (χ1v) is 4.88. The van der Waals surface area contributed by atoms with Crippen LogP contribution in [0.25, 0.3) is 0 Å². The third-order valence-electron chi connectivity index (χ3n) is 2.07. The predicted molar refractivity (Wildman–Crippen MR) is 67.6 cm³/mol. The zero-order chi connectivity index (χ0) is 11.5. The Hall–Kier alpha value is -1.62. The van der Waals surface area contributed by atoms with Crippen LogP contribution < -0.4 is 0 Å². The van der Waals surface area contributed by atoms with Crippen LogP contribution in [0.4, 0.5) is 0 Å². The zero-order valence-corrected chi connectivity index (χ0v) is 9.59. The van der Waals surface area contributed by atoms with E-state index in [0.717, 1.165) is 12.0 Å². The smallest absolute Gasteiger partial charge is 0.152 e. The van der Waals surface area contributed by atoms with Crippen molar-refractivity contribution in [2.75, 3.05) is 0 Å². The van der Waals surface area contributed by atoms with Crippen LogP contribution in [-0.4, -0.2) is 11.3 Å². The predicted octanol–water partition coefficient (Wildman–Crippen LogP) is 3.20. The van der Waals surface area contributed by atoms with Crippen molar-refractivity contribution in [1.29, 1.82) is 0 Å². The van der Waals surface area contributed by atoms with Crippen molar-refractivity contribution in [1.82, 2.24) is 4.98 Å². The summed E-state index contributed by atoms with van der Waals surface area (Å²) in [4.78, 5) is 15.2.